The van der Waals surface area contributed by atoms with Crippen LogP contribution in [0.4, 0.5) is 5.69 Å². The molecule has 1 aliphatic heterocycles. The van der Waals surface area contributed by atoms with Crippen molar-refractivity contribution in [3.05, 3.63) is 66.2 Å². The van der Waals surface area contributed by atoms with Crippen molar-refractivity contribution in [1.82, 2.24) is 0 Å². The van der Waals surface area contributed by atoms with Crippen molar-refractivity contribution in [2.24, 2.45) is 0 Å². The summed E-state index contributed by atoms with van der Waals surface area (Å²) in [5.74, 6) is 0.579. The van der Waals surface area contributed by atoms with Crippen LogP contribution in [0.25, 0.3) is 28.0 Å². The summed E-state index contributed by atoms with van der Waals surface area (Å²) < 4.78 is 26.9. The molecule has 0 saturated heterocycles. The first-order chi connectivity index (χ1) is 16.1. The molecule has 1 N–H and O–H groups in total. The minimum atomic E-state index is -0.650. The second-order valence-corrected chi connectivity index (χ2v) is 7.25. The Kier molecular flexibility index (Phi) is 5.32. The average molecular weight is 445 g/mol. The number of rotatable bonds is 6. The second kappa shape index (κ2) is 8.58. The summed E-state index contributed by atoms with van der Waals surface area (Å²) in [7, 11) is 1.51. The smallest absolute Gasteiger partial charge is 0.331 e. The number of amides is 1. The highest BCUT2D eigenvalue weighted by molar-refractivity contribution is 6.08. The molecule has 5 rings (SSSR count). The zero-order chi connectivity index (χ0) is 22.8. The maximum Gasteiger partial charge on any atom is 0.331 e. The van der Waals surface area contributed by atoms with Crippen LogP contribution in [-0.2, 0) is 14.3 Å². The lowest BCUT2D eigenvalue weighted by atomic mass is 10.1. The van der Waals surface area contributed by atoms with Crippen LogP contribution in [0.15, 0.2) is 65.1 Å². The van der Waals surface area contributed by atoms with Gasteiger partial charge >= 0.3 is 5.97 Å². The van der Waals surface area contributed by atoms with Crippen molar-refractivity contribution in [2.45, 2.75) is 0 Å². The fraction of sp³-hybridized carbons (Fsp3) is 0.120. The number of furan rings is 1. The summed E-state index contributed by atoms with van der Waals surface area (Å²) in [6.45, 7) is -0.278. The third kappa shape index (κ3) is 4.18. The number of para-hydroxylation sites is 1. The largest absolute Gasteiger partial charge is 0.495 e. The van der Waals surface area contributed by atoms with E-state index in [-0.39, 0.29) is 6.79 Å². The van der Waals surface area contributed by atoms with Gasteiger partial charge in [0.15, 0.2) is 18.1 Å². The average Bonchev–Trinajstić information content (AvgIpc) is 3.44. The molecule has 8 heteroatoms. The van der Waals surface area contributed by atoms with Crippen LogP contribution in [0.5, 0.6) is 17.2 Å². The Morgan fingerprint density at radius 1 is 1.00 bits per heavy atom. The van der Waals surface area contributed by atoms with Crippen LogP contribution in [0.2, 0.25) is 0 Å². The quantitative estimate of drug-likeness (QED) is 0.344. The van der Waals surface area contributed by atoms with Crippen molar-refractivity contribution < 1.29 is 33.0 Å². The molecule has 0 radical (unpaired) electrons. The third-order valence-electron chi connectivity index (χ3n) is 5.13. The van der Waals surface area contributed by atoms with Gasteiger partial charge in [-0.1, -0.05) is 24.3 Å². The van der Waals surface area contributed by atoms with E-state index in [1.54, 1.807) is 36.4 Å². The molecule has 33 heavy (non-hydrogen) atoms. The van der Waals surface area contributed by atoms with Gasteiger partial charge in [0.1, 0.15) is 16.9 Å². The number of benzene rings is 3. The van der Waals surface area contributed by atoms with E-state index in [0.717, 1.165) is 21.9 Å². The molecule has 0 saturated carbocycles. The molecule has 0 aliphatic carbocycles. The number of ether oxygens (including phenoxy) is 4. The molecule has 2 heterocycles. The van der Waals surface area contributed by atoms with Gasteiger partial charge in [-0.15, -0.1) is 0 Å². The summed E-state index contributed by atoms with van der Waals surface area (Å²) in [6.07, 6.45) is 2.81. The summed E-state index contributed by atoms with van der Waals surface area (Å²) in [6, 6.07) is 16.4. The van der Waals surface area contributed by atoms with Gasteiger partial charge in [0.2, 0.25) is 6.79 Å². The van der Waals surface area contributed by atoms with Gasteiger partial charge in [0.25, 0.3) is 5.91 Å². The molecule has 3 aromatic carbocycles. The maximum absolute atomic E-state index is 12.4. The molecular formula is C25H19NO7. The van der Waals surface area contributed by atoms with E-state index in [1.807, 2.05) is 24.3 Å². The lowest BCUT2D eigenvalue weighted by Crippen LogP contribution is -2.20. The van der Waals surface area contributed by atoms with Crippen molar-refractivity contribution in [3.8, 4) is 17.2 Å². The summed E-state index contributed by atoms with van der Waals surface area (Å²) >= 11 is 0. The van der Waals surface area contributed by atoms with E-state index < -0.39 is 18.5 Å². The fourth-order valence-electron chi connectivity index (χ4n) is 3.57. The fourth-order valence-corrected chi connectivity index (χ4v) is 3.57. The normalized spacial score (nSPS) is 12.4. The Hall–Kier alpha value is -4.46. The van der Waals surface area contributed by atoms with Crippen LogP contribution >= 0.6 is 0 Å². The number of carbonyl (C=O) groups is 2. The Labute approximate surface area is 188 Å². The zero-order valence-electron chi connectivity index (χ0n) is 17.6. The lowest BCUT2D eigenvalue weighted by molar-refractivity contribution is -0.142. The number of anilines is 1. The van der Waals surface area contributed by atoms with E-state index in [4.69, 9.17) is 23.4 Å². The molecule has 0 bridgehead atoms. The first-order valence-electron chi connectivity index (χ1n) is 10.1. The van der Waals surface area contributed by atoms with Crippen LogP contribution in [0.3, 0.4) is 0 Å². The van der Waals surface area contributed by atoms with E-state index in [2.05, 4.69) is 5.32 Å². The number of hydrogen-bond acceptors (Lipinski definition) is 7. The van der Waals surface area contributed by atoms with Gasteiger partial charge in [0, 0.05) is 22.9 Å². The van der Waals surface area contributed by atoms with E-state index in [1.165, 1.54) is 13.2 Å². The van der Waals surface area contributed by atoms with Gasteiger partial charge in [-0.2, -0.15) is 0 Å². The standard InChI is InChI=1S/C25H19NO7/c1-29-22-11-17-16-4-2-3-5-19(16)33-21(17)12-18(22)26-24(27)13-30-25(28)9-7-15-6-8-20-23(10-15)32-14-31-20/h2-12H,13-14H2,1H3,(H,26,27)/b9-7+. The van der Waals surface area contributed by atoms with E-state index in [9.17, 15) is 9.59 Å². The molecule has 1 aromatic heterocycles. The minimum Gasteiger partial charge on any atom is -0.495 e. The SMILES string of the molecule is COc1cc2c(cc1NC(=O)COC(=O)/C=C/c1ccc3c(c1)OCO3)oc1ccccc12. The van der Waals surface area contributed by atoms with Crippen LogP contribution in [0, 0.1) is 0 Å². The number of carbonyl (C=O) groups excluding carboxylic acids is 2. The number of fused-ring (bicyclic) bond motifs is 4. The van der Waals surface area contributed by atoms with Crippen molar-refractivity contribution in [1.29, 1.82) is 0 Å². The van der Waals surface area contributed by atoms with Crippen LogP contribution < -0.4 is 19.5 Å². The summed E-state index contributed by atoms with van der Waals surface area (Å²) in [5, 5.41) is 4.53. The lowest BCUT2D eigenvalue weighted by Gasteiger charge is -2.10. The third-order valence-corrected chi connectivity index (χ3v) is 5.13. The first kappa shape index (κ1) is 20.4. The van der Waals surface area contributed by atoms with Gasteiger partial charge < -0.3 is 28.7 Å². The predicted octanol–water partition coefficient (Wildman–Crippen LogP) is 4.52. The molecule has 4 aromatic rings. The maximum atomic E-state index is 12.4. The molecule has 0 spiro atoms. The Bertz CT molecular complexity index is 1400. The topological polar surface area (TPSA) is 96.2 Å². The molecular weight excluding hydrogens is 426 g/mol. The van der Waals surface area contributed by atoms with Crippen molar-refractivity contribution in [3.63, 3.8) is 0 Å². The molecule has 0 fully saturated rings. The monoisotopic (exact) mass is 445 g/mol. The number of methoxy groups -OCH3 is 1. The van der Waals surface area contributed by atoms with Gasteiger partial charge in [-0.3, -0.25) is 4.79 Å². The summed E-state index contributed by atoms with van der Waals surface area (Å²) in [4.78, 5) is 24.4. The molecule has 166 valence electrons. The number of nitrogens with one attached hydrogen (secondary N) is 1. The number of esters is 1. The van der Waals surface area contributed by atoms with Crippen LogP contribution in [0.1, 0.15) is 5.56 Å². The van der Waals surface area contributed by atoms with Gasteiger partial charge in [0.05, 0.1) is 12.8 Å². The minimum absolute atomic E-state index is 0.174. The van der Waals surface area contributed by atoms with Gasteiger partial charge in [-0.05, 0) is 35.9 Å². The van der Waals surface area contributed by atoms with Crippen molar-refractivity contribution in [2.75, 3.05) is 25.8 Å². The van der Waals surface area contributed by atoms with Crippen LogP contribution in [-0.4, -0.2) is 32.4 Å². The van der Waals surface area contributed by atoms with E-state index >= 15 is 0 Å². The molecule has 8 nitrogen and oxygen atoms in total. The Balaban J connectivity index is 1.23. The molecule has 1 amide bonds. The van der Waals surface area contributed by atoms with E-state index in [0.29, 0.717) is 28.5 Å². The first-order valence-corrected chi connectivity index (χ1v) is 10.1. The van der Waals surface area contributed by atoms with Crippen molar-refractivity contribution >= 4 is 45.6 Å². The highest BCUT2D eigenvalue weighted by Gasteiger charge is 2.15. The highest BCUT2D eigenvalue weighted by Crippen LogP contribution is 2.36. The molecule has 0 unspecified atom stereocenters. The predicted molar refractivity (Wildman–Crippen MR) is 121 cm³/mol. The Morgan fingerprint density at radius 3 is 2.73 bits per heavy atom. The summed E-state index contributed by atoms with van der Waals surface area (Å²) in [5.41, 5.74) is 2.50. The Morgan fingerprint density at radius 2 is 1.85 bits per heavy atom. The number of hydrogen-bond donors (Lipinski definition) is 1. The molecule has 1 aliphatic rings. The zero-order valence-corrected chi connectivity index (χ0v) is 17.6. The highest BCUT2D eigenvalue weighted by atomic mass is 16.7. The molecule has 0 atom stereocenters. The second-order valence-electron chi connectivity index (χ2n) is 7.25. The van der Waals surface area contributed by atoms with Gasteiger partial charge in [-0.25, -0.2) is 4.79 Å².